The van der Waals surface area contributed by atoms with E-state index in [1.54, 1.807) is 40.0 Å². The zero-order chi connectivity index (χ0) is 17.9. The summed E-state index contributed by atoms with van der Waals surface area (Å²) in [7, 11) is 0. The minimum absolute atomic E-state index is 0.280. The molecule has 1 aliphatic rings. The van der Waals surface area contributed by atoms with Crippen LogP contribution in [0.25, 0.3) is 5.69 Å². The molecule has 3 aromatic rings. The van der Waals surface area contributed by atoms with E-state index in [-0.39, 0.29) is 17.6 Å². The number of halogens is 1. The van der Waals surface area contributed by atoms with E-state index in [0.717, 1.165) is 31.6 Å². The Balaban J connectivity index is 1.51. The Morgan fingerprint density at radius 1 is 1.27 bits per heavy atom. The van der Waals surface area contributed by atoms with Gasteiger partial charge in [-0.3, -0.25) is 4.79 Å². The van der Waals surface area contributed by atoms with E-state index in [4.69, 9.17) is 11.6 Å². The molecule has 0 atom stereocenters. The van der Waals surface area contributed by atoms with Crippen molar-refractivity contribution >= 4 is 23.3 Å². The van der Waals surface area contributed by atoms with Crippen LogP contribution in [0.2, 0.25) is 5.02 Å². The number of aromatic nitrogens is 5. The fraction of sp³-hybridized carbons (Fsp3) is 0.294. The van der Waals surface area contributed by atoms with Crippen molar-refractivity contribution in [1.29, 1.82) is 0 Å². The fourth-order valence-corrected chi connectivity index (χ4v) is 3.21. The smallest absolute Gasteiger partial charge is 0.278 e. The number of amides is 1. The summed E-state index contributed by atoms with van der Waals surface area (Å²) in [6.07, 6.45) is 5.27. The summed E-state index contributed by atoms with van der Waals surface area (Å²) in [5.41, 5.74) is 1.04. The zero-order valence-electron chi connectivity index (χ0n) is 14.0. The second-order valence-corrected chi connectivity index (χ2v) is 6.56. The Morgan fingerprint density at radius 3 is 2.92 bits per heavy atom. The molecule has 0 radical (unpaired) electrons. The third-order valence-electron chi connectivity index (χ3n) is 4.36. The molecule has 2 aromatic heterocycles. The lowest BCUT2D eigenvalue weighted by molar-refractivity contribution is 0.102. The molecule has 0 aliphatic carbocycles. The molecule has 0 bridgehead atoms. The monoisotopic (exact) mass is 371 g/mol. The summed E-state index contributed by atoms with van der Waals surface area (Å²) in [6.45, 7) is 1.90. The molecule has 1 aliphatic heterocycles. The fourth-order valence-electron chi connectivity index (χ4n) is 3.02. The van der Waals surface area contributed by atoms with E-state index in [0.29, 0.717) is 10.8 Å². The minimum Gasteiger partial charge on any atom is -0.317 e. The average molecular weight is 372 g/mol. The van der Waals surface area contributed by atoms with Gasteiger partial charge in [0, 0.05) is 11.1 Å². The first-order valence-corrected chi connectivity index (χ1v) is 8.82. The summed E-state index contributed by atoms with van der Waals surface area (Å²) in [5, 5.41) is 19.1. The van der Waals surface area contributed by atoms with Crippen molar-refractivity contribution in [3.05, 3.63) is 53.4 Å². The Bertz CT molecular complexity index is 913. The highest BCUT2D eigenvalue weighted by Crippen LogP contribution is 2.20. The normalized spacial score (nSPS) is 15.1. The van der Waals surface area contributed by atoms with Gasteiger partial charge in [-0.25, -0.2) is 9.36 Å². The first kappa shape index (κ1) is 16.7. The van der Waals surface area contributed by atoms with E-state index >= 15 is 0 Å². The van der Waals surface area contributed by atoms with Crippen molar-refractivity contribution in [2.45, 2.75) is 18.9 Å². The summed E-state index contributed by atoms with van der Waals surface area (Å²) in [6, 6.07) is 9.25. The Morgan fingerprint density at radius 2 is 2.12 bits per heavy atom. The van der Waals surface area contributed by atoms with E-state index in [9.17, 15) is 4.79 Å². The molecule has 0 unspecified atom stereocenters. The number of piperidine rings is 1. The summed E-state index contributed by atoms with van der Waals surface area (Å²) in [4.78, 5) is 12.6. The molecule has 1 saturated heterocycles. The third kappa shape index (κ3) is 3.47. The zero-order valence-corrected chi connectivity index (χ0v) is 14.7. The van der Waals surface area contributed by atoms with Gasteiger partial charge in [0.1, 0.15) is 5.82 Å². The lowest BCUT2D eigenvalue weighted by Gasteiger charge is -2.22. The molecule has 9 heteroatoms. The molecule has 1 amide bonds. The van der Waals surface area contributed by atoms with Crippen LogP contribution >= 0.6 is 11.6 Å². The largest absolute Gasteiger partial charge is 0.317 e. The minimum atomic E-state index is -0.325. The van der Waals surface area contributed by atoms with Gasteiger partial charge in [0.15, 0.2) is 5.69 Å². The van der Waals surface area contributed by atoms with Crippen molar-refractivity contribution in [1.82, 2.24) is 30.1 Å². The van der Waals surface area contributed by atoms with E-state index in [2.05, 4.69) is 26.0 Å². The van der Waals surface area contributed by atoms with E-state index in [1.807, 2.05) is 12.1 Å². The number of hydrogen-bond donors (Lipinski definition) is 2. The highest BCUT2D eigenvalue weighted by atomic mass is 35.5. The summed E-state index contributed by atoms with van der Waals surface area (Å²) in [5.74, 6) is 0.211. The number of benzene rings is 1. The lowest BCUT2D eigenvalue weighted by atomic mass is 10.1. The van der Waals surface area contributed by atoms with Crippen molar-refractivity contribution in [3.63, 3.8) is 0 Å². The van der Waals surface area contributed by atoms with Crippen molar-refractivity contribution in [3.8, 4) is 5.69 Å². The average Bonchev–Trinajstić information content (AvgIpc) is 3.32. The quantitative estimate of drug-likeness (QED) is 0.734. The molecule has 1 fully saturated rings. The van der Waals surface area contributed by atoms with Crippen LogP contribution in [0.5, 0.6) is 0 Å². The molecular weight excluding hydrogens is 354 g/mol. The van der Waals surface area contributed by atoms with Crippen LogP contribution in [0.3, 0.4) is 0 Å². The number of carbonyl (C=O) groups is 1. The number of carbonyl (C=O) groups excluding carboxylic acids is 1. The first-order chi connectivity index (χ1) is 12.7. The molecule has 8 nitrogen and oxygen atoms in total. The second-order valence-electron chi connectivity index (χ2n) is 6.13. The van der Waals surface area contributed by atoms with E-state index in [1.165, 1.54) is 0 Å². The van der Waals surface area contributed by atoms with Crippen molar-refractivity contribution in [2.75, 3.05) is 18.4 Å². The molecule has 3 heterocycles. The molecule has 26 heavy (non-hydrogen) atoms. The summed E-state index contributed by atoms with van der Waals surface area (Å²) >= 11 is 6.04. The van der Waals surface area contributed by atoms with Gasteiger partial charge >= 0.3 is 0 Å². The van der Waals surface area contributed by atoms with Crippen LogP contribution in [-0.2, 0) is 0 Å². The number of hydrogen-bond acceptors (Lipinski definition) is 5. The number of anilines is 1. The Kier molecular flexibility index (Phi) is 4.68. The van der Waals surface area contributed by atoms with Gasteiger partial charge in [0.25, 0.3) is 5.91 Å². The highest BCUT2D eigenvalue weighted by Gasteiger charge is 2.19. The molecule has 0 saturated carbocycles. The van der Waals surface area contributed by atoms with Gasteiger partial charge in [-0.15, -0.1) is 5.10 Å². The summed E-state index contributed by atoms with van der Waals surface area (Å²) < 4.78 is 3.39. The maximum Gasteiger partial charge on any atom is 0.278 e. The predicted octanol–water partition coefficient (Wildman–Crippen LogP) is 2.29. The Hall–Kier alpha value is -2.71. The number of nitrogens with one attached hydrogen (secondary N) is 2. The molecule has 134 valence electrons. The standard InChI is InChI=1S/C17H18ClN7O/c18-12-2-1-3-14(10-12)25-16(6-9-20-25)21-17(26)15-11-24(23-22-15)13-4-7-19-8-5-13/h1-3,6,9-11,13,19H,4-5,7-8H2,(H,21,26). The maximum absolute atomic E-state index is 12.6. The van der Waals surface area contributed by atoms with Crippen LogP contribution in [0.4, 0.5) is 5.82 Å². The maximum atomic E-state index is 12.6. The van der Waals surface area contributed by atoms with Crippen molar-refractivity contribution in [2.24, 2.45) is 0 Å². The second kappa shape index (κ2) is 7.27. The van der Waals surface area contributed by atoms with Crippen LogP contribution in [0, 0.1) is 0 Å². The van der Waals surface area contributed by atoms with Gasteiger partial charge in [0.2, 0.25) is 0 Å². The predicted molar refractivity (Wildman–Crippen MR) is 97.7 cm³/mol. The Labute approximate surface area is 155 Å². The van der Waals surface area contributed by atoms with Crippen LogP contribution < -0.4 is 10.6 Å². The van der Waals surface area contributed by atoms with Crippen LogP contribution in [0.15, 0.2) is 42.7 Å². The molecule has 1 aromatic carbocycles. The van der Waals surface area contributed by atoms with Gasteiger partial charge < -0.3 is 10.6 Å². The number of rotatable bonds is 4. The highest BCUT2D eigenvalue weighted by molar-refractivity contribution is 6.30. The first-order valence-electron chi connectivity index (χ1n) is 8.44. The topological polar surface area (TPSA) is 89.7 Å². The van der Waals surface area contributed by atoms with Gasteiger partial charge in [0.05, 0.1) is 24.1 Å². The van der Waals surface area contributed by atoms with Gasteiger partial charge in [-0.1, -0.05) is 22.9 Å². The van der Waals surface area contributed by atoms with Gasteiger partial charge in [-0.05, 0) is 44.1 Å². The molecular formula is C17H18ClN7O. The van der Waals surface area contributed by atoms with Crippen LogP contribution in [0.1, 0.15) is 29.4 Å². The SMILES string of the molecule is O=C(Nc1ccnn1-c1cccc(Cl)c1)c1cn(C2CCNCC2)nn1. The number of nitrogens with zero attached hydrogens (tertiary/aromatic N) is 5. The molecule has 4 rings (SSSR count). The molecule has 0 spiro atoms. The van der Waals surface area contributed by atoms with Gasteiger partial charge in [-0.2, -0.15) is 5.10 Å². The van der Waals surface area contributed by atoms with Crippen LogP contribution in [-0.4, -0.2) is 43.8 Å². The third-order valence-corrected chi connectivity index (χ3v) is 4.60. The molecule has 2 N–H and O–H groups in total. The van der Waals surface area contributed by atoms with Crippen molar-refractivity contribution < 1.29 is 4.79 Å². The lowest BCUT2D eigenvalue weighted by Crippen LogP contribution is -2.29. The van der Waals surface area contributed by atoms with E-state index < -0.39 is 0 Å².